The van der Waals surface area contributed by atoms with Gasteiger partial charge in [0.1, 0.15) is 5.42 Å². The van der Waals surface area contributed by atoms with Gasteiger partial charge in [0, 0.05) is 0 Å². The lowest BCUT2D eigenvalue weighted by Gasteiger charge is -2.02. The molecule has 1 rings (SSSR count). The third-order valence-corrected chi connectivity index (χ3v) is 4.54. The van der Waals surface area contributed by atoms with E-state index in [0.29, 0.717) is 13.6 Å². The van der Waals surface area contributed by atoms with E-state index in [1.165, 1.54) is 69.8 Å². The van der Waals surface area contributed by atoms with E-state index in [9.17, 15) is 5.73 Å². The lowest BCUT2D eigenvalue weighted by molar-refractivity contribution is 0.556. The van der Waals surface area contributed by atoms with Crippen molar-refractivity contribution in [2.75, 3.05) is 0 Å². The average Bonchev–Trinajstić information content (AvgIpc) is 2.77. The summed E-state index contributed by atoms with van der Waals surface area (Å²) in [6, 6.07) is 2.10. The van der Waals surface area contributed by atoms with Gasteiger partial charge in [-0.1, -0.05) is 70.8 Å². The van der Waals surface area contributed by atoms with Gasteiger partial charge in [-0.05, 0) is 24.2 Å². The summed E-state index contributed by atoms with van der Waals surface area (Å²) >= 11 is 0. The summed E-state index contributed by atoms with van der Waals surface area (Å²) in [6.45, 7) is 2.27. The first-order valence-corrected chi connectivity index (χ1v) is 8.77. The minimum atomic E-state index is 0.529. The fourth-order valence-electron chi connectivity index (χ4n) is 2.40. The van der Waals surface area contributed by atoms with Gasteiger partial charge in [0.05, 0.1) is 0 Å². The summed E-state index contributed by atoms with van der Waals surface area (Å²) in [7, 11) is 0.529. The van der Waals surface area contributed by atoms with Crippen molar-refractivity contribution < 1.29 is 0 Å². The summed E-state index contributed by atoms with van der Waals surface area (Å²) in [5, 5.41) is 0. The molecule has 1 nitrogen and oxygen atoms in total. The second kappa shape index (κ2) is 10.5. The number of unbranched alkanes of at least 4 members (excludes halogenated alkanes) is 9. The average molecular weight is 265 g/mol. The lowest BCUT2D eigenvalue weighted by atomic mass is 10.0. The third-order valence-electron chi connectivity index (χ3n) is 3.61. The predicted octanol–water partition coefficient (Wildman–Crippen LogP) is 5.88. The molecule has 0 amide bonds. The number of hydrogen-bond donors (Lipinski definition) is 0. The minimum Gasteiger partial charge on any atom is -0.146 e. The van der Waals surface area contributed by atoms with Crippen molar-refractivity contribution in [3.63, 3.8) is 0 Å². The highest BCUT2D eigenvalue weighted by Crippen LogP contribution is 2.27. The van der Waals surface area contributed by atoms with Crippen LogP contribution in [-0.4, -0.2) is 0 Å². The second-order valence-corrected chi connectivity index (χ2v) is 6.38. The van der Waals surface area contributed by atoms with Gasteiger partial charge in [0.2, 0.25) is 0 Å². The standard InChI is InChI=1S/C16H28NP/c1-2-3-4-5-6-7-8-9-10-11-12-15-13-14-18-16(15)17/h13-14,18H,2-12H2,1H3. The summed E-state index contributed by atoms with van der Waals surface area (Å²) < 4.78 is 0. The maximum atomic E-state index is 9.56. The van der Waals surface area contributed by atoms with Crippen molar-refractivity contribution in [3.8, 4) is 0 Å². The Labute approximate surface area is 115 Å². The van der Waals surface area contributed by atoms with Crippen molar-refractivity contribution in [1.82, 2.24) is 5.73 Å². The van der Waals surface area contributed by atoms with Gasteiger partial charge in [-0.25, -0.2) is 0 Å². The van der Waals surface area contributed by atoms with Crippen LogP contribution in [0.5, 0.6) is 0 Å². The Hall–Kier alpha value is -0.420. The summed E-state index contributed by atoms with van der Waals surface area (Å²) in [5.74, 6) is 2.08. The normalized spacial score (nSPS) is 11.4. The van der Waals surface area contributed by atoms with E-state index >= 15 is 0 Å². The Bertz CT molecular complexity index is 293. The first kappa shape index (κ1) is 15.6. The number of hydrogen-bond acceptors (Lipinski definition) is 0. The van der Waals surface area contributed by atoms with E-state index in [2.05, 4.69) is 18.8 Å². The van der Waals surface area contributed by atoms with Crippen molar-refractivity contribution >= 4 is 13.6 Å². The molecule has 18 heavy (non-hydrogen) atoms. The molecule has 1 aromatic rings. The van der Waals surface area contributed by atoms with Crippen LogP contribution < -0.4 is 5.73 Å². The third kappa shape index (κ3) is 7.11. The molecule has 0 bridgehead atoms. The SMILES string of the molecule is CCCCCCCCCCCCc1cc[pH]c1[N]. The first-order chi connectivity index (χ1) is 8.84. The molecule has 2 heteroatoms. The first-order valence-electron chi connectivity index (χ1n) is 7.69. The second-order valence-electron chi connectivity index (χ2n) is 5.28. The zero-order valence-corrected chi connectivity index (χ0v) is 12.9. The molecular formula is C16H28NP. The molecule has 2 radical (unpaired) electrons. The molecule has 102 valence electrons. The predicted molar refractivity (Wildman–Crippen MR) is 83.3 cm³/mol. The highest BCUT2D eigenvalue weighted by Gasteiger charge is 2.00. The van der Waals surface area contributed by atoms with Gasteiger partial charge in [-0.15, -0.1) is 13.9 Å². The molecular weight excluding hydrogens is 237 g/mol. The van der Waals surface area contributed by atoms with Crippen LogP contribution >= 0.6 is 8.19 Å². The Morgan fingerprint density at radius 2 is 1.44 bits per heavy atom. The fourth-order valence-corrected chi connectivity index (χ4v) is 3.23. The molecule has 0 spiro atoms. The van der Waals surface area contributed by atoms with Crippen LogP contribution in [0.25, 0.3) is 0 Å². The lowest BCUT2D eigenvalue weighted by Crippen LogP contribution is -1.85. The molecule has 1 heterocycles. The molecule has 0 aliphatic carbocycles. The molecule has 1 atom stereocenters. The van der Waals surface area contributed by atoms with E-state index < -0.39 is 0 Å². The maximum Gasteiger partial charge on any atom is 0.104 e. The summed E-state index contributed by atoms with van der Waals surface area (Å²) in [4.78, 5) is 0. The Morgan fingerprint density at radius 1 is 0.889 bits per heavy atom. The Balaban J connectivity index is 1.83. The zero-order chi connectivity index (χ0) is 13.1. The van der Waals surface area contributed by atoms with E-state index in [-0.39, 0.29) is 0 Å². The molecule has 1 aromatic heterocycles. The summed E-state index contributed by atoms with van der Waals surface area (Å²) in [6.07, 6.45) is 14.9. The van der Waals surface area contributed by atoms with Crippen molar-refractivity contribution in [2.24, 2.45) is 0 Å². The monoisotopic (exact) mass is 265 g/mol. The van der Waals surface area contributed by atoms with Crippen molar-refractivity contribution in [3.05, 3.63) is 17.4 Å². The summed E-state index contributed by atoms with van der Waals surface area (Å²) in [5.41, 5.74) is 11.4. The molecule has 1 unspecified atom stereocenters. The van der Waals surface area contributed by atoms with Gasteiger partial charge in [-0.3, -0.25) is 0 Å². The molecule has 0 saturated carbocycles. The van der Waals surface area contributed by atoms with Crippen LogP contribution in [0.4, 0.5) is 5.42 Å². The van der Waals surface area contributed by atoms with Crippen LogP contribution in [0, 0.1) is 0 Å². The van der Waals surface area contributed by atoms with Gasteiger partial charge >= 0.3 is 0 Å². The Kier molecular flexibility index (Phi) is 9.12. The number of aryl methyl sites for hydroxylation is 1. The topological polar surface area (TPSA) is 22.3 Å². The van der Waals surface area contributed by atoms with Crippen molar-refractivity contribution in [2.45, 2.75) is 77.6 Å². The van der Waals surface area contributed by atoms with Crippen LogP contribution in [0.1, 0.15) is 76.7 Å². The Morgan fingerprint density at radius 3 is 1.94 bits per heavy atom. The molecule has 0 aromatic carbocycles. The van der Waals surface area contributed by atoms with Crippen LogP contribution in [0.2, 0.25) is 0 Å². The van der Waals surface area contributed by atoms with E-state index in [1.54, 1.807) is 0 Å². The van der Waals surface area contributed by atoms with Gasteiger partial charge < -0.3 is 0 Å². The van der Waals surface area contributed by atoms with Gasteiger partial charge in [-0.2, -0.15) is 0 Å². The van der Waals surface area contributed by atoms with E-state index in [4.69, 9.17) is 0 Å². The molecule has 0 aliphatic rings. The maximum absolute atomic E-state index is 9.56. The highest BCUT2D eigenvalue weighted by atomic mass is 31.0. The zero-order valence-electron chi connectivity index (χ0n) is 11.9. The largest absolute Gasteiger partial charge is 0.146 e. The van der Waals surface area contributed by atoms with E-state index in [1.807, 2.05) is 0 Å². The number of rotatable bonds is 11. The molecule has 0 N–H and O–H groups in total. The van der Waals surface area contributed by atoms with Gasteiger partial charge in [0.25, 0.3) is 0 Å². The van der Waals surface area contributed by atoms with E-state index in [0.717, 1.165) is 6.42 Å². The quantitative estimate of drug-likeness (QED) is 0.446. The van der Waals surface area contributed by atoms with Crippen LogP contribution in [0.3, 0.4) is 0 Å². The molecule has 0 fully saturated rings. The number of nitrogens with zero attached hydrogens (tertiary/aromatic N) is 1. The highest BCUT2D eigenvalue weighted by molar-refractivity contribution is 7.33. The minimum absolute atomic E-state index is 0.529. The van der Waals surface area contributed by atoms with Crippen LogP contribution in [-0.2, 0) is 6.42 Å². The fraction of sp³-hybridized carbons (Fsp3) is 0.750. The van der Waals surface area contributed by atoms with Crippen LogP contribution in [0.15, 0.2) is 11.9 Å². The smallest absolute Gasteiger partial charge is 0.104 e. The molecule has 0 aliphatic heterocycles. The molecule has 0 saturated heterocycles. The van der Waals surface area contributed by atoms with Crippen molar-refractivity contribution in [1.29, 1.82) is 0 Å². The van der Waals surface area contributed by atoms with Gasteiger partial charge in [0.15, 0.2) is 0 Å².